The summed E-state index contributed by atoms with van der Waals surface area (Å²) in [7, 11) is 1.91. The van der Waals surface area contributed by atoms with E-state index in [1.54, 1.807) is 0 Å². The highest BCUT2D eigenvalue weighted by Gasteiger charge is 2.34. The van der Waals surface area contributed by atoms with Gasteiger partial charge in [0.15, 0.2) is 0 Å². The molecule has 2 N–H and O–H groups in total. The fraction of sp³-hybridized carbons (Fsp3) is 0.929. The van der Waals surface area contributed by atoms with Crippen molar-refractivity contribution in [3.8, 4) is 0 Å². The summed E-state index contributed by atoms with van der Waals surface area (Å²) in [5.74, 6) is 0.179. The molecule has 0 aromatic carbocycles. The third kappa shape index (κ3) is 4.58. The molecule has 1 heterocycles. The van der Waals surface area contributed by atoms with E-state index in [1.807, 2.05) is 7.05 Å². The molecule has 1 rings (SSSR count). The molecule has 106 valence electrons. The summed E-state index contributed by atoms with van der Waals surface area (Å²) in [6.45, 7) is 6.00. The van der Waals surface area contributed by atoms with E-state index in [1.165, 1.54) is 0 Å². The van der Waals surface area contributed by atoms with Gasteiger partial charge in [-0.2, -0.15) is 0 Å². The first kappa shape index (κ1) is 15.4. The van der Waals surface area contributed by atoms with Crippen LogP contribution in [0.2, 0.25) is 0 Å². The Morgan fingerprint density at radius 3 is 2.72 bits per heavy atom. The van der Waals surface area contributed by atoms with Gasteiger partial charge in [0.1, 0.15) is 0 Å². The first-order valence-corrected chi connectivity index (χ1v) is 7.23. The number of rotatable bonds is 7. The molecular weight excluding hydrogens is 228 g/mol. The number of carbonyl (C=O) groups excluding carboxylic acids is 1. The first-order valence-electron chi connectivity index (χ1n) is 7.23. The van der Waals surface area contributed by atoms with E-state index in [4.69, 9.17) is 4.74 Å². The molecule has 1 atom stereocenters. The van der Waals surface area contributed by atoms with Gasteiger partial charge >= 0.3 is 0 Å². The summed E-state index contributed by atoms with van der Waals surface area (Å²) in [5.41, 5.74) is -0.0127. The molecule has 0 bridgehead atoms. The number of nitrogens with one attached hydrogen (secondary N) is 2. The zero-order chi connectivity index (χ0) is 13.4. The second kappa shape index (κ2) is 7.74. The summed E-state index contributed by atoms with van der Waals surface area (Å²) in [6, 6.07) is 0.292. The quantitative estimate of drug-likeness (QED) is 0.683. The lowest BCUT2D eigenvalue weighted by Gasteiger charge is -2.40. The van der Waals surface area contributed by atoms with Crippen LogP contribution < -0.4 is 10.6 Å². The lowest BCUT2D eigenvalue weighted by molar-refractivity contribution is -0.126. The van der Waals surface area contributed by atoms with Gasteiger partial charge < -0.3 is 15.4 Å². The van der Waals surface area contributed by atoms with E-state index in [2.05, 4.69) is 24.5 Å². The second-order valence-corrected chi connectivity index (χ2v) is 5.20. The molecule has 18 heavy (non-hydrogen) atoms. The zero-order valence-corrected chi connectivity index (χ0v) is 12.1. The third-order valence-corrected chi connectivity index (χ3v) is 3.98. The standard InChI is InChI=1S/C14H28N2O2/c1-4-14(5-2)11-12(8-10-18-14)16-13(17)7-6-9-15-3/h12,15H,4-11H2,1-3H3,(H,16,17). The average Bonchev–Trinajstić information content (AvgIpc) is 2.39. The molecule has 4 heteroatoms. The van der Waals surface area contributed by atoms with Crippen molar-refractivity contribution >= 4 is 5.91 Å². The van der Waals surface area contributed by atoms with Crippen molar-refractivity contribution in [2.75, 3.05) is 20.2 Å². The van der Waals surface area contributed by atoms with Gasteiger partial charge in [-0.05, 0) is 45.7 Å². The van der Waals surface area contributed by atoms with Crippen molar-refractivity contribution in [3.63, 3.8) is 0 Å². The fourth-order valence-corrected chi connectivity index (χ4v) is 2.62. The lowest BCUT2D eigenvalue weighted by Crippen LogP contribution is -2.48. The van der Waals surface area contributed by atoms with Gasteiger partial charge in [-0.25, -0.2) is 0 Å². The summed E-state index contributed by atoms with van der Waals surface area (Å²) in [4.78, 5) is 11.8. The van der Waals surface area contributed by atoms with E-state index >= 15 is 0 Å². The predicted molar refractivity (Wildman–Crippen MR) is 73.6 cm³/mol. The lowest BCUT2D eigenvalue weighted by atomic mass is 9.86. The van der Waals surface area contributed by atoms with Crippen molar-refractivity contribution in [2.24, 2.45) is 0 Å². The molecule has 1 aliphatic heterocycles. The van der Waals surface area contributed by atoms with Crippen LogP contribution in [-0.2, 0) is 9.53 Å². The number of hydrogen-bond donors (Lipinski definition) is 2. The van der Waals surface area contributed by atoms with E-state index in [9.17, 15) is 4.79 Å². The summed E-state index contributed by atoms with van der Waals surface area (Å²) in [5, 5.41) is 6.21. The normalized spacial score (nSPS) is 22.7. The van der Waals surface area contributed by atoms with E-state index < -0.39 is 0 Å². The monoisotopic (exact) mass is 256 g/mol. The predicted octanol–water partition coefficient (Wildman–Crippen LogP) is 1.84. The number of hydrogen-bond acceptors (Lipinski definition) is 3. The Kier molecular flexibility index (Phi) is 6.65. The molecule has 0 radical (unpaired) electrons. The minimum atomic E-state index is -0.0127. The SMILES string of the molecule is CCC1(CC)CC(NC(=O)CCCNC)CCO1. The molecule has 1 fully saturated rings. The van der Waals surface area contributed by atoms with Gasteiger partial charge in [0.05, 0.1) is 5.60 Å². The molecule has 0 aromatic rings. The Morgan fingerprint density at radius 1 is 1.39 bits per heavy atom. The van der Waals surface area contributed by atoms with E-state index in [0.29, 0.717) is 12.5 Å². The smallest absolute Gasteiger partial charge is 0.220 e. The molecule has 1 amide bonds. The van der Waals surface area contributed by atoms with E-state index in [0.717, 1.165) is 45.3 Å². The van der Waals surface area contributed by atoms with Crippen LogP contribution in [0.1, 0.15) is 52.4 Å². The minimum Gasteiger partial charge on any atom is -0.375 e. The third-order valence-electron chi connectivity index (χ3n) is 3.98. The van der Waals surface area contributed by atoms with Crippen molar-refractivity contribution < 1.29 is 9.53 Å². The zero-order valence-electron chi connectivity index (χ0n) is 12.1. The fourth-order valence-electron chi connectivity index (χ4n) is 2.62. The molecule has 0 aromatic heterocycles. The molecule has 0 spiro atoms. The molecule has 1 unspecified atom stereocenters. The maximum absolute atomic E-state index is 11.8. The highest BCUT2D eigenvalue weighted by atomic mass is 16.5. The van der Waals surface area contributed by atoms with Crippen molar-refractivity contribution in [2.45, 2.75) is 64.0 Å². The highest BCUT2D eigenvalue weighted by molar-refractivity contribution is 5.76. The molecule has 0 saturated carbocycles. The van der Waals surface area contributed by atoms with Crippen LogP contribution >= 0.6 is 0 Å². The Morgan fingerprint density at radius 2 is 2.11 bits per heavy atom. The van der Waals surface area contributed by atoms with Crippen LogP contribution in [0.4, 0.5) is 0 Å². The number of amides is 1. The van der Waals surface area contributed by atoms with Gasteiger partial charge in [0, 0.05) is 19.1 Å². The van der Waals surface area contributed by atoms with Gasteiger partial charge in [0.25, 0.3) is 0 Å². The van der Waals surface area contributed by atoms with Crippen molar-refractivity contribution in [1.29, 1.82) is 0 Å². The Bertz CT molecular complexity index is 252. The van der Waals surface area contributed by atoms with Crippen LogP contribution in [0.3, 0.4) is 0 Å². The summed E-state index contributed by atoms with van der Waals surface area (Å²) < 4.78 is 5.91. The molecule has 0 aliphatic carbocycles. The largest absolute Gasteiger partial charge is 0.375 e. The Labute approximate surface area is 111 Å². The second-order valence-electron chi connectivity index (χ2n) is 5.20. The average molecular weight is 256 g/mol. The van der Waals surface area contributed by atoms with Crippen LogP contribution in [-0.4, -0.2) is 37.7 Å². The van der Waals surface area contributed by atoms with Crippen LogP contribution in [0.5, 0.6) is 0 Å². The Balaban J connectivity index is 2.35. The first-order chi connectivity index (χ1) is 8.65. The maximum Gasteiger partial charge on any atom is 0.220 e. The highest BCUT2D eigenvalue weighted by Crippen LogP contribution is 2.31. The van der Waals surface area contributed by atoms with Gasteiger partial charge in [0.2, 0.25) is 5.91 Å². The van der Waals surface area contributed by atoms with Crippen LogP contribution in [0.25, 0.3) is 0 Å². The van der Waals surface area contributed by atoms with Gasteiger partial charge in [-0.1, -0.05) is 13.8 Å². The summed E-state index contributed by atoms with van der Waals surface area (Å²) in [6.07, 6.45) is 5.46. The Hall–Kier alpha value is -0.610. The topological polar surface area (TPSA) is 50.4 Å². The van der Waals surface area contributed by atoms with Crippen LogP contribution in [0.15, 0.2) is 0 Å². The van der Waals surface area contributed by atoms with Gasteiger partial charge in [-0.3, -0.25) is 4.79 Å². The number of carbonyl (C=O) groups is 1. The number of ether oxygens (including phenoxy) is 1. The van der Waals surface area contributed by atoms with Gasteiger partial charge in [-0.15, -0.1) is 0 Å². The maximum atomic E-state index is 11.8. The minimum absolute atomic E-state index is 0.0127. The molecule has 1 saturated heterocycles. The van der Waals surface area contributed by atoms with E-state index in [-0.39, 0.29) is 11.5 Å². The van der Waals surface area contributed by atoms with Crippen molar-refractivity contribution in [3.05, 3.63) is 0 Å². The van der Waals surface area contributed by atoms with Crippen LogP contribution in [0, 0.1) is 0 Å². The van der Waals surface area contributed by atoms with Crippen molar-refractivity contribution in [1.82, 2.24) is 10.6 Å². The molecule has 4 nitrogen and oxygen atoms in total. The molecule has 1 aliphatic rings. The summed E-state index contributed by atoms with van der Waals surface area (Å²) >= 11 is 0. The molecular formula is C14H28N2O2.